The molecule has 0 N–H and O–H groups in total. The molecule has 0 aliphatic rings. The van der Waals surface area contributed by atoms with Crippen LogP contribution >= 0.6 is 0 Å². The second-order valence-electron chi connectivity index (χ2n) is 10.8. The highest BCUT2D eigenvalue weighted by Crippen LogP contribution is 2.39. The number of benzene rings is 6. The predicted molar refractivity (Wildman–Crippen MR) is 174 cm³/mol. The number of nitrogens with zero attached hydrogens (tertiary/aromatic N) is 2. The van der Waals surface area contributed by atoms with E-state index in [1.165, 1.54) is 32.9 Å². The van der Waals surface area contributed by atoms with Crippen molar-refractivity contribution in [3.63, 3.8) is 0 Å². The maximum atomic E-state index is 6.72. The Morgan fingerprint density at radius 1 is 0.476 bits per heavy atom. The Labute approximate surface area is 241 Å². The first-order valence-electron chi connectivity index (χ1n) is 14.2. The van der Waals surface area contributed by atoms with Gasteiger partial charge in [-0.3, -0.25) is 0 Å². The van der Waals surface area contributed by atoms with E-state index in [1.807, 2.05) is 6.07 Å². The minimum Gasteiger partial charge on any atom is -0.454 e. The van der Waals surface area contributed by atoms with E-state index in [2.05, 4.69) is 144 Å². The van der Waals surface area contributed by atoms with Crippen molar-refractivity contribution in [2.24, 2.45) is 0 Å². The fourth-order valence-electron chi connectivity index (χ4n) is 6.48. The molecule has 3 heterocycles. The van der Waals surface area contributed by atoms with E-state index < -0.39 is 0 Å². The number of rotatable bonds is 3. The molecule has 0 fully saturated rings. The lowest BCUT2D eigenvalue weighted by molar-refractivity contribution is 0.666. The van der Waals surface area contributed by atoms with Crippen LogP contribution in [0.2, 0.25) is 0 Å². The Hall–Kier alpha value is -5.67. The monoisotopic (exact) mass is 536 g/mol. The van der Waals surface area contributed by atoms with Crippen molar-refractivity contribution in [1.29, 1.82) is 0 Å². The summed E-state index contributed by atoms with van der Waals surface area (Å²) in [4.78, 5) is 5.07. The topological polar surface area (TPSA) is 31.0 Å². The van der Waals surface area contributed by atoms with Gasteiger partial charge >= 0.3 is 0 Å². The zero-order valence-electron chi connectivity index (χ0n) is 22.7. The smallest absolute Gasteiger partial charge is 0.159 e. The van der Waals surface area contributed by atoms with Gasteiger partial charge in [0.2, 0.25) is 0 Å². The SMILES string of the molecule is c1ccc(-c2cc(-c3ccc4c(c3)oc3c(-n5c6ccccc6c6ccccc65)cccc34)nc3ccccc23)cc1. The van der Waals surface area contributed by atoms with Crippen LogP contribution in [0.5, 0.6) is 0 Å². The van der Waals surface area contributed by atoms with Crippen LogP contribution in [0, 0.1) is 0 Å². The summed E-state index contributed by atoms with van der Waals surface area (Å²) in [6, 6.07) is 51.2. The summed E-state index contributed by atoms with van der Waals surface area (Å²) < 4.78 is 9.05. The summed E-state index contributed by atoms with van der Waals surface area (Å²) in [7, 11) is 0. The highest BCUT2D eigenvalue weighted by atomic mass is 16.3. The lowest BCUT2D eigenvalue weighted by Gasteiger charge is -2.10. The van der Waals surface area contributed by atoms with Crippen molar-refractivity contribution in [3.8, 4) is 28.1 Å². The van der Waals surface area contributed by atoms with E-state index in [4.69, 9.17) is 9.40 Å². The Morgan fingerprint density at radius 2 is 1.14 bits per heavy atom. The van der Waals surface area contributed by atoms with E-state index in [-0.39, 0.29) is 0 Å². The molecular formula is C39H24N2O. The summed E-state index contributed by atoms with van der Waals surface area (Å²) in [6.07, 6.45) is 0. The standard InChI is InChI=1S/C39H24N2O/c1-2-11-25(12-3-1)32-24-34(40-33-17-7-4-13-27(32)33)26-21-22-30-31-16-10-20-37(39(31)42-38(30)23-26)41-35-18-8-5-14-28(35)29-15-6-9-19-36(29)41/h1-24H. The van der Waals surface area contributed by atoms with Crippen LogP contribution in [0.15, 0.2) is 150 Å². The third kappa shape index (κ3) is 3.37. The highest BCUT2D eigenvalue weighted by molar-refractivity contribution is 6.13. The molecule has 0 atom stereocenters. The molecule has 0 spiro atoms. The summed E-state index contributed by atoms with van der Waals surface area (Å²) in [5.41, 5.74) is 10.4. The number of furan rings is 1. The van der Waals surface area contributed by atoms with Gasteiger partial charge in [-0.15, -0.1) is 0 Å². The van der Waals surface area contributed by atoms with E-state index in [9.17, 15) is 0 Å². The van der Waals surface area contributed by atoms with Gasteiger partial charge < -0.3 is 8.98 Å². The average Bonchev–Trinajstić information content (AvgIpc) is 3.60. The van der Waals surface area contributed by atoms with Crippen LogP contribution < -0.4 is 0 Å². The number of pyridine rings is 1. The summed E-state index contributed by atoms with van der Waals surface area (Å²) >= 11 is 0. The van der Waals surface area contributed by atoms with Crippen molar-refractivity contribution >= 4 is 54.6 Å². The molecule has 196 valence electrons. The van der Waals surface area contributed by atoms with Gasteiger partial charge in [0.05, 0.1) is 27.9 Å². The first-order valence-corrected chi connectivity index (χ1v) is 14.2. The Bertz CT molecular complexity index is 2410. The zero-order valence-corrected chi connectivity index (χ0v) is 22.7. The molecule has 0 saturated carbocycles. The molecule has 3 nitrogen and oxygen atoms in total. The largest absolute Gasteiger partial charge is 0.454 e. The number of para-hydroxylation sites is 4. The molecular weight excluding hydrogens is 512 g/mol. The van der Waals surface area contributed by atoms with Crippen LogP contribution in [0.1, 0.15) is 0 Å². The second-order valence-corrected chi connectivity index (χ2v) is 10.8. The van der Waals surface area contributed by atoms with Crippen molar-refractivity contribution in [2.45, 2.75) is 0 Å². The summed E-state index contributed by atoms with van der Waals surface area (Å²) in [5, 5.41) is 5.82. The fraction of sp³-hybridized carbons (Fsp3) is 0. The lowest BCUT2D eigenvalue weighted by atomic mass is 9.98. The number of hydrogen-bond donors (Lipinski definition) is 0. The predicted octanol–water partition coefficient (Wildman–Crippen LogP) is 10.6. The number of hydrogen-bond acceptors (Lipinski definition) is 2. The van der Waals surface area contributed by atoms with Crippen LogP contribution in [-0.4, -0.2) is 9.55 Å². The molecule has 0 amide bonds. The molecule has 0 radical (unpaired) electrons. The van der Waals surface area contributed by atoms with Crippen LogP contribution in [-0.2, 0) is 0 Å². The van der Waals surface area contributed by atoms with Gasteiger partial charge in [0, 0.05) is 32.5 Å². The van der Waals surface area contributed by atoms with E-state index in [0.717, 1.165) is 49.8 Å². The van der Waals surface area contributed by atoms with Gasteiger partial charge in [0.15, 0.2) is 5.58 Å². The van der Waals surface area contributed by atoms with Crippen LogP contribution in [0.4, 0.5) is 0 Å². The molecule has 42 heavy (non-hydrogen) atoms. The molecule has 0 aliphatic heterocycles. The van der Waals surface area contributed by atoms with E-state index in [0.29, 0.717) is 0 Å². The molecule has 9 rings (SSSR count). The Kier molecular flexibility index (Phi) is 4.90. The summed E-state index contributed by atoms with van der Waals surface area (Å²) in [5.74, 6) is 0. The third-order valence-electron chi connectivity index (χ3n) is 8.40. The average molecular weight is 537 g/mol. The molecule has 0 bridgehead atoms. The van der Waals surface area contributed by atoms with E-state index >= 15 is 0 Å². The van der Waals surface area contributed by atoms with Crippen LogP contribution in [0.25, 0.3) is 82.7 Å². The lowest BCUT2D eigenvalue weighted by Crippen LogP contribution is -1.93. The Morgan fingerprint density at radius 3 is 1.93 bits per heavy atom. The van der Waals surface area contributed by atoms with Crippen molar-refractivity contribution in [1.82, 2.24) is 9.55 Å². The maximum Gasteiger partial charge on any atom is 0.159 e. The molecule has 3 heteroatoms. The minimum absolute atomic E-state index is 0.854. The molecule has 0 saturated heterocycles. The fourth-order valence-corrected chi connectivity index (χ4v) is 6.48. The minimum atomic E-state index is 0.854. The molecule has 0 unspecified atom stereocenters. The normalized spacial score (nSPS) is 11.8. The van der Waals surface area contributed by atoms with Crippen molar-refractivity contribution in [3.05, 3.63) is 146 Å². The van der Waals surface area contributed by atoms with Gasteiger partial charge in [0.1, 0.15) is 5.58 Å². The van der Waals surface area contributed by atoms with Crippen molar-refractivity contribution in [2.75, 3.05) is 0 Å². The molecule has 3 aromatic heterocycles. The first kappa shape index (κ1) is 23.1. The molecule has 0 aliphatic carbocycles. The quantitative estimate of drug-likeness (QED) is 0.225. The Balaban J connectivity index is 1.27. The van der Waals surface area contributed by atoms with Gasteiger partial charge in [0.25, 0.3) is 0 Å². The van der Waals surface area contributed by atoms with E-state index in [1.54, 1.807) is 0 Å². The first-order chi connectivity index (χ1) is 20.8. The van der Waals surface area contributed by atoms with Gasteiger partial charge in [-0.25, -0.2) is 4.98 Å². The van der Waals surface area contributed by atoms with Crippen molar-refractivity contribution < 1.29 is 4.42 Å². The molecule has 9 aromatic rings. The van der Waals surface area contributed by atoms with Gasteiger partial charge in [-0.1, -0.05) is 103 Å². The number of fused-ring (bicyclic) bond motifs is 7. The van der Waals surface area contributed by atoms with Crippen LogP contribution in [0.3, 0.4) is 0 Å². The second kappa shape index (κ2) is 8.92. The number of aromatic nitrogens is 2. The summed E-state index contributed by atoms with van der Waals surface area (Å²) in [6.45, 7) is 0. The highest BCUT2D eigenvalue weighted by Gasteiger charge is 2.18. The van der Waals surface area contributed by atoms with Gasteiger partial charge in [-0.05, 0) is 53.6 Å². The zero-order chi connectivity index (χ0) is 27.6. The van der Waals surface area contributed by atoms with Gasteiger partial charge in [-0.2, -0.15) is 0 Å². The third-order valence-corrected chi connectivity index (χ3v) is 8.40. The maximum absolute atomic E-state index is 6.72. The molecule has 6 aromatic carbocycles.